The Balaban J connectivity index is 2.30. The third kappa shape index (κ3) is 14.0. The van der Waals surface area contributed by atoms with E-state index in [0.717, 1.165) is 38.5 Å². The van der Waals surface area contributed by atoms with Crippen molar-refractivity contribution in [1.29, 1.82) is 0 Å². The van der Waals surface area contributed by atoms with E-state index in [1.165, 1.54) is 70.6 Å². The van der Waals surface area contributed by atoms with Crippen LogP contribution in [0.3, 0.4) is 0 Å². The maximum atomic E-state index is 12.3. The van der Waals surface area contributed by atoms with Gasteiger partial charge < -0.3 is 29.9 Å². The summed E-state index contributed by atoms with van der Waals surface area (Å²) in [6.45, 7) is 4.31. The lowest BCUT2D eigenvalue weighted by molar-refractivity contribution is -0.298. The van der Waals surface area contributed by atoms with Gasteiger partial charge in [-0.15, -0.1) is 0 Å². The van der Waals surface area contributed by atoms with Gasteiger partial charge in [-0.2, -0.15) is 0 Å². The Morgan fingerprint density at radius 3 is 1.63 bits per heavy atom. The first kappa shape index (κ1) is 32.3. The summed E-state index contributed by atoms with van der Waals surface area (Å²) in [4.78, 5) is 12.3. The van der Waals surface area contributed by atoms with Gasteiger partial charge in [0.1, 0.15) is 30.5 Å². The molecule has 1 saturated heterocycles. The van der Waals surface area contributed by atoms with Crippen LogP contribution >= 0.6 is 0 Å². The Morgan fingerprint density at radius 2 is 1.11 bits per heavy atom. The fourth-order valence-electron chi connectivity index (χ4n) is 4.77. The number of ether oxygens (including phenoxy) is 2. The summed E-state index contributed by atoms with van der Waals surface area (Å²) in [6, 6.07) is 0. The zero-order valence-electron chi connectivity index (χ0n) is 22.4. The van der Waals surface area contributed by atoms with Crippen molar-refractivity contribution < 1.29 is 34.7 Å². The van der Waals surface area contributed by atoms with Gasteiger partial charge in [0.25, 0.3) is 0 Å². The summed E-state index contributed by atoms with van der Waals surface area (Å²) in [6.07, 6.45) is 12.8. The summed E-state index contributed by atoms with van der Waals surface area (Å²) < 4.78 is 11.0. The minimum absolute atomic E-state index is 0.291. The highest BCUT2D eigenvalue weighted by atomic mass is 16.7. The summed E-state index contributed by atoms with van der Waals surface area (Å²) in [5.41, 5.74) is 0. The van der Waals surface area contributed by atoms with Crippen LogP contribution in [0.5, 0.6) is 0 Å². The van der Waals surface area contributed by atoms with E-state index in [0.29, 0.717) is 12.8 Å². The molecule has 208 valence electrons. The average molecular weight is 503 g/mol. The summed E-state index contributed by atoms with van der Waals surface area (Å²) >= 11 is 0. The van der Waals surface area contributed by atoms with Gasteiger partial charge in [0, 0.05) is 6.42 Å². The van der Waals surface area contributed by atoms with Crippen LogP contribution in [0.25, 0.3) is 0 Å². The number of aliphatic hydroxyl groups is 4. The number of hydrogen-bond donors (Lipinski definition) is 4. The summed E-state index contributed by atoms with van der Waals surface area (Å²) in [7, 11) is 0. The quantitative estimate of drug-likeness (QED) is 0.127. The number of hydrogen-bond acceptors (Lipinski definition) is 7. The van der Waals surface area contributed by atoms with E-state index in [2.05, 4.69) is 13.8 Å². The van der Waals surface area contributed by atoms with E-state index < -0.39 is 36.8 Å². The monoisotopic (exact) mass is 502 g/mol. The molecular formula is C28H54O7. The number of carbonyl (C=O) groups excluding carboxylic acids is 1. The highest BCUT2D eigenvalue weighted by Crippen LogP contribution is 2.27. The van der Waals surface area contributed by atoms with E-state index in [9.17, 15) is 25.2 Å². The maximum absolute atomic E-state index is 12.3. The standard InChI is InChI=1S/C28H54O7/c1-3-5-7-8-9-10-11-12-13-14-15-16-17-19-20-22(34-23(29)21-18-6-4-2)27-25(31)24(30)26(32)28(33)35-27/h22,24-28,30-33H,3-21H2,1-2H3/t22?,24-,25-,26+,27+,28+/m0/s1. The molecule has 0 saturated carbocycles. The molecule has 0 aliphatic carbocycles. The van der Waals surface area contributed by atoms with Crippen LogP contribution in [0.1, 0.15) is 136 Å². The van der Waals surface area contributed by atoms with E-state index in [1.807, 2.05) is 0 Å². The molecule has 4 N–H and O–H groups in total. The first-order valence-corrected chi connectivity index (χ1v) is 14.5. The zero-order chi connectivity index (χ0) is 25.9. The number of aliphatic hydroxyl groups excluding tert-OH is 4. The number of esters is 1. The molecule has 0 amide bonds. The van der Waals surface area contributed by atoms with Gasteiger partial charge in [0.15, 0.2) is 6.29 Å². The predicted molar refractivity (Wildman–Crippen MR) is 138 cm³/mol. The van der Waals surface area contributed by atoms with Crippen molar-refractivity contribution in [3.05, 3.63) is 0 Å². The van der Waals surface area contributed by atoms with E-state index in [1.54, 1.807) is 0 Å². The number of carbonyl (C=O) groups is 1. The molecule has 0 aromatic heterocycles. The molecule has 6 atom stereocenters. The molecule has 1 aliphatic heterocycles. The smallest absolute Gasteiger partial charge is 0.306 e. The normalized spacial score (nSPS) is 25.5. The second kappa shape index (κ2) is 20.3. The topological polar surface area (TPSA) is 116 Å². The van der Waals surface area contributed by atoms with Crippen LogP contribution < -0.4 is 0 Å². The van der Waals surface area contributed by atoms with Gasteiger partial charge in [0.05, 0.1) is 0 Å². The Kier molecular flexibility index (Phi) is 18.8. The predicted octanol–water partition coefficient (Wildman–Crippen LogP) is 5.15. The highest BCUT2D eigenvalue weighted by Gasteiger charge is 2.47. The third-order valence-electron chi connectivity index (χ3n) is 7.10. The first-order chi connectivity index (χ1) is 16.9. The van der Waals surface area contributed by atoms with Crippen LogP contribution in [0.2, 0.25) is 0 Å². The summed E-state index contributed by atoms with van der Waals surface area (Å²) in [5.74, 6) is -0.361. The molecule has 0 spiro atoms. The number of rotatable bonds is 21. The molecule has 7 heteroatoms. The largest absolute Gasteiger partial charge is 0.459 e. The van der Waals surface area contributed by atoms with Crippen molar-refractivity contribution in [3.8, 4) is 0 Å². The molecule has 0 bridgehead atoms. The molecule has 1 rings (SSSR count). The Labute approximate surface area is 213 Å². The molecule has 1 fully saturated rings. The van der Waals surface area contributed by atoms with Crippen molar-refractivity contribution in [2.45, 2.75) is 173 Å². The van der Waals surface area contributed by atoms with Gasteiger partial charge >= 0.3 is 5.97 Å². The highest BCUT2D eigenvalue weighted by molar-refractivity contribution is 5.69. The third-order valence-corrected chi connectivity index (χ3v) is 7.10. The molecule has 1 heterocycles. The Bertz CT molecular complexity index is 516. The molecular weight excluding hydrogens is 448 g/mol. The molecule has 1 unspecified atom stereocenters. The van der Waals surface area contributed by atoms with Crippen LogP contribution in [0.15, 0.2) is 0 Å². The van der Waals surface area contributed by atoms with Gasteiger partial charge in [0.2, 0.25) is 0 Å². The molecule has 0 radical (unpaired) electrons. The van der Waals surface area contributed by atoms with E-state index in [4.69, 9.17) is 9.47 Å². The van der Waals surface area contributed by atoms with Crippen molar-refractivity contribution in [3.63, 3.8) is 0 Å². The second-order valence-corrected chi connectivity index (χ2v) is 10.3. The first-order valence-electron chi connectivity index (χ1n) is 14.5. The lowest BCUT2D eigenvalue weighted by Crippen LogP contribution is -2.61. The lowest BCUT2D eigenvalue weighted by atomic mass is 9.92. The van der Waals surface area contributed by atoms with Crippen LogP contribution in [-0.2, 0) is 14.3 Å². The zero-order valence-corrected chi connectivity index (χ0v) is 22.4. The molecule has 0 aromatic carbocycles. The minimum atomic E-state index is -1.63. The Morgan fingerprint density at radius 1 is 0.657 bits per heavy atom. The van der Waals surface area contributed by atoms with E-state index >= 15 is 0 Å². The van der Waals surface area contributed by atoms with Gasteiger partial charge in [-0.05, 0) is 19.3 Å². The maximum Gasteiger partial charge on any atom is 0.306 e. The fourth-order valence-corrected chi connectivity index (χ4v) is 4.77. The van der Waals surface area contributed by atoms with Gasteiger partial charge in [-0.1, -0.05) is 110 Å². The van der Waals surface area contributed by atoms with Crippen molar-refractivity contribution >= 4 is 5.97 Å². The molecule has 0 aromatic rings. The number of unbranched alkanes of at least 4 members (excludes halogenated alkanes) is 15. The van der Waals surface area contributed by atoms with Crippen molar-refractivity contribution in [1.82, 2.24) is 0 Å². The molecule has 35 heavy (non-hydrogen) atoms. The van der Waals surface area contributed by atoms with Crippen molar-refractivity contribution in [2.24, 2.45) is 0 Å². The average Bonchev–Trinajstić information content (AvgIpc) is 2.84. The van der Waals surface area contributed by atoms with Crippen molar-refractivity contribution in [2.75, 3.05) is 0 Å². The van der Waals surface area contributed by atoms with Crippen LogP contribution in [0, 0.1) is 0 Å². The Hall–Kier alpha value is -0.730. The second-order valence-electron chi connectivity index (χ2n) is 10.3. The fraction of sp³-hybridized carbons (Fsp3) is 0.964. The summed E-state index contributed by atoms with van der Waals surface area (Å²) in [5, 5.41) is 40.1. The van der Waals surface area contributed by atoms with Crippen LogP contribution in [-0.4, -0.2) is 63.2 Å². The SMILES string of the molecule is CCCCCCCCCCCCCCCCC(OC(=O)CCCCC)[C@H]1O[C@@H](O)[C@H](O)[C@@H](O)[C@@H]1O. The van der Waals surface area contributed by atoms with Crippen LogP contribution in [0.4, 0.5) is 0 Å². The van der Waals surface area contributed by atoms with Gasteiger partial charge in [-0.25, -0.2) is 0 Å². The molecule has 1 aliphatic rings. The lowest BCUT2D eigenvalue weighted by Gasteiger charge is -2.41. The minimum Gasteiger partial charge on any atom is -0.459 e. The molecule has 7 nitrogen and oxygen atoms in total. The van der Waals surface area contributed by atoms with Gasteiger partial charge in [-0.3, -0.25) is 4.79 Å². The van der Waals surface area contributed by atoms with E-state index in [-0.39, 0.29) is 5.97 Å².